The molecular weight excluding hydrogens is 220 g/mol. The number of halogens is 1. The Morgan fingerprint density at radius 1 is 1.62 bits per heavy atom. The quantitative estimate of drug-likeness (QED) is 0.794. The Morgan fingerprint density at radius 3 is 3.12 bits per heavy atom. The van der Waals surface area contributed by atoms with Gasteiger partial charge < -0.3 is 5.32 Å². The van der Waals surface area contributed by atoms with Crippen molar-refractivity contribution in [1.82, 2.24) is 10.3 Å². The van der Waals surface area contributed by atoms with E-state index in [0.717, 1.165) is 5.92 Å². The van der Waals surface area contributed by atoms with Crippen molar-refractivity contribution in [3.63, 3.8) is 0 Å². The Labute approximate surface area is 102 Å². The standard InChI is InChI=1S/C13H19ClN2/c1-3-4-11-7-12(11)16-9(2)10-5-6-15-13(14)8-10/h5-6,8-9,11-12,16H,3-4,7H2,1-2H3. The summed E-state index contributed by atoms with van der Waals surface area (Å²) in [6.07, 6.45) is 5.74. The lowest BCUT2D eigenvalue weighted by molar-refractivity contribution is 0.530. The fourth-order valence-electron chi connectivity index (χ4n) is 2.25. The van der Waals surface area contributed by atoms with Crippen molar-refractivity contribution in [2.24, 2.45) is 5.92 Å². The van der Waals surface area contributed by atoms with E-state index in [9.17, 15) is 0 Å². The molecule has 3 heteroatoms. The van der Waals surface area contributed by atoms with Crippen LogP contribution in [-0.4, -0.2) is 11.0 Å². The second-order valence-electron chi connectivity index (χ2n) is 4.69. The Hall–Kier alpha value is -0.600. The van der Waals surface area contributed by atoms with Crippen molar-refractivity contribution in [2.45, 2.75) is 45.2 Å². The Kier molecular flexibility index (Phi) is 3.82. The minimum absolute atomic E-state index is 0.368. The molecule has 1 fully saturated rings. The molecule has 0 bridgehead atoms. The predicted molar refractivity (Wildman–Crippen MR) is 67.6 cm³/mol. The first-order valence-corrected chi connectivity index (χ1v) is 6.46. The van der Waals surface area contributed by atoms with Crippen LogP contribution < -0.4 is 5.32 Å². The lowest BCUT2D eigenvalue weighted by Gasteiger charge is -2.14. The molecular formula is C13H19ClN2. The number of hydrogen-bond acceptors (Lipinski definition) is 2. The molecule has 1 N–H and O–H groups in total. The Morgan fingerprint density at radius 2 is 2.44 bits per heavy atom. The zero-order valence-electron chi connectivity index (χ0n) is 9.91. The summed E-state index contributed by atoms with van der Waals surface area (Å²) in [5, 5.41) is 4.22. The van der Waals surface area contributed by atoms with Crippen LogP contribution in [0.4, 0.5) is 0 Å². The van der Waals surface area contributed by atoms with E-state index in [2.05, 4.69) is 24.1 Å². The summed E-state index contributed by atoms with van der Waals surface area (Å²) >= 11 is 5.88. The van der Waals surface area contributed by atoms with Crippen LogP contribution in [-0.2, 0) is 0 Å². The third-order valence-electron chi connectivity index (χ3n) is 3.30. The van der Waals surface area contributed by atoms with Gasteiger partial charge >= 0.3 is 0 Å². The molecule has 1 aliphatic rings. The Balaban J connectivity index is 1.87. The van der Waals surface area contributed by atoms with Gasteiger partial charge in [0.2, 0.25) is 0 Å². The van der Waals surface area contributed by atoms with Crippen LogP contribution >= 0.6 is 11.6 Å². The highest BCUT2D eigenvalue weighted by atomic mass is 35.5. The van der Waals surface area contributed by atoms with E-state index in [4.69, 9.17) is 11.6 Å². The summed E-state index contributed by atoms with van der Waals surface area (Å²) in [5.41, 5.74) is 1.22. The molecule has 0 radical (unpaired) electrons. The lowest BCUT2D eigenvalue weighted by atomic mass is 10.1. The van der Waals surface area contributed by atoms with Gasteiger partial charge in [-0.2, -0.15) is 0 Å². The molecule has 3 unspecified atom stereocenters. The van der Waals surface area contributed by atoms with Crippen molar-refractivity contribution >= 4 is 11.6 Å². The van der Waals surface area contributed by atoms with Gasteiger partial charge in [-0.1, -0.05) is 24.9 Å². The normalized spacial score (nSPS) is 25.4. The van der Waals surface area contributed by atoms with Crippen molar-refractivity contribution in [1.29, 1.82) is 0 Å². The number of aromatic nitrogens is 1. The van der Waals surface area contributed by atoms with E-state index in [1.54, 1.807) is 6.20 Å². The van der Waals surface area contributed by atoms with E-state index in [1.165, 1.54) is 24.8 Å². The Bertz CT molecular complexity index is 354. The van der Waals surface area contributed by atoms with Crippen LogP contribution in [0.25, 0.3) is 0 Å². The van der Waals surface area contributed by atoms with Crippen LogP contribution in [0.15, 0.2) is 18.3 Å². The fourth-order valence-corrected chi connectivity index (χ4v) is 2.43. The fraction of sp³-hybridized carbons (Fsp3) is 0.615. The second-order valence-corrected chi connectivity index (χ2v) is 5.08. The number of rotatable bonds is 5. The van der Waals surface area contributed by atoms with Crippen molar-refractivity contribution in [3.05, 3.63) is 29.0 Å². The smallest absolute Gasteiger partial charge is 0.129 e. The first kappa shape index (κ1) is 11.9. The maximum atomic E-state index is 5.88. The second kappa shape index (κ2) is 5.15. The molecule has 2 rings (SSSR count). The molecule has 16 heavy (non-hydrogen) atoms. The molecule has 0 saturated heterocycles. The summed E-state index contributed by atoms with van der Waals surface area (Å²) < 4.78 is 0. The van der Waals surface area contributed by atoms with Gasteiger partial charge in [-0.25, -0.2) is 4.98 Å². The average molecular weight is 239 g/mol. The van der Waals surface area contributed by atoms with E-state index in [1.807, 2.05) is 12.1 Å². The number of hydrogen-bond donors (Lipinski definition) is 1. The predicted octanol–water partition coefficient (Wildman–Crippen LogP) is 3.57. The highest BCUT2D eigenvalue weighted by Crippen LogP contribution is 2.36. The number of nitrogens with zero attached hydrogens (tertiary/aromatic N) is 1. The molecule has 0 amide bonds. The molecule has 0 aromatic carbocycles. The molecule has 88 valence electrons. The summed E-state index contributed by atoms with van der Waals surface area (Å²) in [6, 6.07) is 5.05. The zero-order chi connectivity index (χ0) is 11.5. The minimum Gasteiger partial charge on any atom is -0.307 e. The molecule has 1 saturated carbocycles. The van der Waals surface area contributed by atoms with Crippen LogP contribution in [0.2, 0.25) is 5.15 Å². The molecule has 0 aliphatic heterocycles. The van der Waals surface area contributed by atoms with Crippen molar-refractivity contribution in [2.75, 3.05) is 0 Å². The van der Waals surface area contributed by atoms with Gasteiger partial charge in [0.15, 0.2) is 0 Å². The van der Waals surface area contributed by atoms with E-state index < -0.39 is 0 Å². The summed E-state index contributed by atoms with van der Waals surface area (Å²) in [6.45, 7) is 4.44. The molecule has 1 heterocycles. The maximum absolute atomic E-state index is 5.88. The maximum Gasteiger partial charge on any atom is 0.129 e. The van der Waals surface area contributed by atoms with E-state index in [-0.39, 0.29) is 0 Å². The summed E-state index contributed by atoms with van der Waals surface area (Å²) in [7, 11) is 0. The highest BCUT2D eigenvalue weighted by Gasteiger charge is 2.36. The third kappa shape index (κ3) is 2.96. The topological polar surface area (TPSA) is 24.9 Å². The van der Waals surface area contributed by atoms with Gasteiger partial charge in [0, 0.05) is 18.3 Å². The first-order chi connectivity index (χ1) is 7.70. The van der Waals surface area contributed by atoms with Crippen LogP contribution in [0, 0.1) is 5.92 Å². The van der Waals surface area contributed by atoms with Gasteiger partial charge in [0.25, 0.3) is 0 Å². The first-order valence-electron chi connectivity index (χ1n) is 6.08. The average Bonchev–Trinajstić information content (AvgIpc) is 2.97. The SMILES string of the molecule is CCCC1CC1NC(C)c1ccnc(Cl)c1. The molecule has 0 spiro atoms. The van der Waals surface area contributed by atoms with Crippen LogP contribution in [0.3, 0.4) is 0 Å². The van der Waals surface area contributed by atoms with Gasteiger partial charge in [-0.15, -0.1) is 0 Å². The highest BCUT2D eigenvalue weighted by molar-refractivity contribution is 6.29. The number of nitrogens with one attached hydrogen (secondary N) is 1. The largest absolute Gasteiger partial charge is 0.307 e. The van der Waals surface area contributed by atoms with Gasteiger partial charge in [0.1, 0.15) is 5.15 Å². The van der Waals surface area contributed by atoms with Gasteiger partial charge in [0.05, 0.1) is 0 Å². The van der Waals surface area contributed by atoms with E-state index in [0.29, 0.717) is 17.2 Å². The van der Waals surface area contributed by atoms with Gasteiger partial charge in [-0.3, -0.25) is 0 Å². The third-order valence-corrected chi connectivity index (χ3v) is 3.50. The zero-order valence-corrected chi connectivity index (χ0v) is 10.7. The van der Waals surface area contributed by atoms with Crippen molar-refractivity contribution < 1.29 is 0 Å². The monoisotopic (exact) mass is 238 g/mol. The van der Waals surface area contributed by atoms with Crippen molar-refractivity contribution in [3.8, 4) is 0 Å². The van der Waals surface area contributed by atoms with Crippen LogP contribution in [0.1, 0.15) is 44.7 Å². The number of pyridine rings is 1. The van der Waals surface area contributed by atoms with Gasteiger partial charge in [-0.05, 0) is 43.4 Å². The molecule has 2 nitrogen and oxygen atoms in total. The molecule has 1 aromatic heterocycles. The summed E-state index contributed by atoms with van der Waals surface area (Å²) in [4.78, 5) is 4.00. The lowest BCUT2D eigenvalue weighted by Crippen LogP contribution is -2.22. The van der Waals surface area contributed by atoms with Crippen LogP contribution in [0.5, 0.6) is 0 Å². The molecule has 3 atom stereocenters. The summed E-state index contributed by atoms with van der Waals surface area (Å²) in [5.74, 6) is 0.893. The van der Waals surface area contributed by atoms with E-state index >= 15 is 0 Å². The molecule has 1 aromatic rings. The minimum atomic E-state index is 0.368. The molecule has 1 aliphatic carbocycles.